The van der Waals surface area contributed by atoms with Crippen molar-refractivity contribution < 1.29 is 23.1 Å². The fourth-order valence-corrected chi connectivity index (χ4v) is 2.50. The van der Waals surface area contributed by atoms with Gasteiger partial charge in [-0.3, -0.25) is 9.59 Å². The topological polar surface area (TPSA) is 104 Å². The van der Waals surface area contributed by atoms with E-state index in [1.54, 1.807) is 13.8 Å². The molecule has 0 fully saturated rings. The first-order chi connectivity index (χ1) is 7.33. The Labute approximate surface area is 94.5 Å². The molecule has 94 valence electrons. The Morgan fingerprint density at radius 3 is 2.12 bits per heavy atom. The number of carbonyl (C=O) groups is 2. The maximum atomic E-state index is 11.6. The first-order valence-electron chi connectivity index (χ1n) is 4.79. The molecule has 0 saturated carbocycles. The monoisotopic (exact) mass is 252 g/mol. The lowest BCUT2D eigenvalue weighted by Crippen LogP contribution is -2.40. The van der Waals surface area contributed by atoms with Crippen molar-refractivity contribution in [3.8, 4) is 0 Å². The molecule has 0 aliphatic rings. The highest BCUT2D eigenvalue weighted by Crippen LogP contribution is 2.00. The number of carbonyl (C=O) groups excluding carboxylic acids is 1. The van der Waals surface area contributed by atoms with Gasteiger partial charge in [0.1, 0.15) is 12.3 Å². The molecule has 0 rings (SSSR count). The van der Waals surface area contributed by atoms with Crippen LogP contribution in [0.1, 0.15) is 13.8 Å². The molecule has 0 radical (unpaired) electrons. The van der Waals surface area contributed by atoms with Crippen LogP contribution in [0.2, 0.25) is 0 Å². The second-order valence-corrected chi connectivity index (χ2v) is 4.98. The van der Waals surface area contributed by atoms with Crippen LogP contribution in [-0.4, -0.2) is 55.1 Å². The molecule has 0 aromatic carbocycles. The first-order valence-corrected chi connectivity index (χ1v) is 6.40. The number of rotatable bonds is 7. The summed E-state index contributed by atoms with van der Waals surface area (Å²) < 4.78 is 24.3. The van der Waals surface area contributed by atoms with Crippen molar-refractivity contribution in [3.05, 3.63) is 0 Å². The average molecular weight is 252 g/mol. The fourth-order valence-electron chi connectivity index (χ4n) is 1.10. The largest absolute Gasteiger partial charge is 0.480 e. The molecule has 1 amide bonds. The van der Waals surface area contributed by atoms with Crippen molar-refractivity contribution in [2.24, 2.45) is 0 Å². The average Bonchev–Trinajstić information content (AvgIpc) is 2.15. The van der Waals surface area contributed by atoms with E-state index < -0.39 is 34.2 Å². The second-order valence-electron chi connectivity index (χ2n) is 3.01. The van der Waals surface area contributed by atoms with E-state index in [0.717, 1.165) is 4.31 Å². The van der Waals surface area contributed by atoms with Crippen LogP contribution < -0.4 is 5.32 Å². The van der Waals surface area contributed by atoms with Gasteiger partial charge in [-0.15, -0.1) is 0 Å². The van der Waals surface area contributed by atoms with Gasteiger partial charge in [0.2, 0.25) is 15.9 Å². The Morgan fingerprint density at radius 1 is 1.25 bits per heavy atom. The number of hydrogen-bond acceptors (Lipinski definition) is 4. The molecule has 0 aliphatic heterocycles. The minimum absolute atomic E-state index is 0.283. The zero-order chi connectivity index (χ0) is 12.8. The summed E-state index contributed by atoms with van der Waals surface area (Å²) in [6.45, 7) is 3.31. The van der Waals surface area contributed by atoms with E-state index in [2.05, 4.69) is 0 Å². The molecule has 16 heavy (non-hydrogen) atoms. The first kappa shape index (κ1) is 14.8. The van der Waals surface area contributed by atoms with Gasteiger partial charge in [0, 0.05) is 13.1 Å². The Hall–Kier alpha value is -1.15. The Kier molecular flexibility index (Phi) is 5.97. The Morgan fingerprint density at radius 2 is 1.75 bits per heavy atom. The van der Waals surface area contributed by atoms with Gasteiger partial charge in [0.15, 0.2) is 0 Å². The van der Waals surface area contributed by atoms with E-state index >= 15 is 0 Å². The van der Waals surface area contributed by atoms with Gasteiger partial charge in [-0.25, -0.2) is 12.7 Å². The maximum absolute atomic E-state index is 11.6. The van der Waals surface area contributed by atoms with Crippen LogP contribution in [-0.2, 0) is 19.6 Å². The molecule has 8 heteroatoms. The van der Waals surface area contributed by atoms with Crippen LogP contribution in [0.15, 0.2) is 0 Å². The summed E-state index contributed by atoms with van der Waals surface area (Å²) in [6, 6.07) is 0. The van der Waals surface area contributed by atoms with Crippen molar-refractivity contribution in [1.82, 2.24) is 9.62 Å². The van der Waals surface area contributed by atoms with Gasteiger partial charge >= 0.3 is 5.97 Å². The van der Waals surface area contributed by atoms with Crippen molar-refractivity contribution in [2.45, 2.75) is 13.8 Å². The van der Waals surface area contributed by atoms with Crippen LogP contribution >= 0.6 is 0 Å². The molecular weight excluding hydrogens is 236 g/mol. The minimum Gasteiger partial charge on any atom is -0.480 e. The van der Waals surface area contributed by atoms with Crippen molar-refractivity contribution in [3.63, 3.8) is 0 Å². The molecule has 0 unspecified atom stereocenters. The van der Waals surface area contributed by atoms with Gasteiger partial charge < -0.3 is 10.4 Å². The number of carboxylic acid groups (broad SMARTS) is 1. The fraction of sp³-hybridized carbons (Fsp3) is 0.750. The molecular formula is C8H16N2O5S. The highest BCUT2D eigenvalue weighted by Gasteiger charge is 2.22. The van der Waals surface area contributed by atoms with Crippen LogP contribution in [0.4, 0.5) is 0 Å². The lowest BCUT2D eigenvalue weighted by molar-refractivity contribution is -0.137. The van der Waals surface area contributed by atoms with E-state index in [9.17, 15) is 18.0 Å². The maximum Gasteiger partial charge on any atom is 0.322 e. The molecule has 0 aromatic rings. The molecule has 0 heterocycles. The molecule has 0 saturated heterocycles. The summed E-state index contributed by atoms with van der Waals surface area (Å²) in [6.07, 6.45) is 0. The molecule has 0 spiro atoms. The van der Waals surface area contributed by atoms with E-state index in [4.69, 9.17) is 5.11 Å². The molecule has 0 atom stereocenters. The van der Waals surface area contributed by atoms with Crippen LogP contribution in [0, 0.1) is 0 Å². The van der Waals surface area contributed by atoms with Gasteiger partial charge in [0.25, 0.3) is 0 Å². The summed E-state index contributed by atoms with van der Waals surface area (Å²) in [7, 11) is -3.64. The van der Waals surface area contributed by atoms with Gasteiger partial charge in [-0.1, -0.05) is 13.8 Å². The van der Waals surface area contributed by atoms with Crippen LogP contribution in [0.5, 0.6) is 0 Å². The smallest absolute Gasteiger partial charge is 0.322 e. The third-order valence-corrected chi connectivity index (χ3v) is 3.78. The number of nitrogens with zero attached hydrogens (tertiary/aromatic N) is 1. The van der Waals surface area contributed by atoms with E-state index in [1.165, 1.54) is 0 Å². The summed E-state index contributed by atoms with van der Waals surface area (Å²) in [5, 5.41) is 10.3. The number of nitrogens with one attached hydrogen (secondary N) is 1. The normalized spacial score (nSPS) is 11.4. The van der Waals surface area contributed by atoms with Crippen molar-refractivity contribution in [1.29, 1.82) is 0 Å². The predicted octanol–water partition coefficient (Wildman–Crippen LogP) is -1.14. The van der Waals surface area contributed by atoms with E-state index in [-0.39, 0.29) is 13.1 Å². The Balaban J connectivity index is 4.36. The highest BCUT2D eigenvalue weighted by atomic mass is 32.2. The molecule has 7 nitrogen and oxygen atoms in total. The highest BCUT2D eigenvalue weighted by molar-refractivity contribution is 7.89. The van der Waals surface area contributed by atoms with Gasteiger partial charge in [-0.05, 0) is 0 Å². The number of aliphatic carboxylic acids is 1. The predicted molar refractivity (Wildman–Crippen MR) is 57.4 cm³/mol. The van der Waals surface area contributed by atoms with Gasteiger partial charge in [0.05, 0.1) is 0 Å². The van der Waals surface area contributed by atoms with Crippen LogP contribution in [0.25, 0.3) is 0 Å². The van der Waals surface area contributed by atoms with Gasteiger partial charge in [-0.2, -0.15) is 0 Å². The lowest BCUT2D eigenvalue weighted by atomic mass is 10.6. The van der Waals surface area contributed by atoms with Crippen molar-refractivity contribution in [2.75, 3.05) is 25.4 Å². The van der Waals surface area contributed by atoms with E-state index in [0.29, 0.717) is 0 Å². The molecule has 2 N–H and O–H groups in total. The molecule has 0 bridgehead atoms. The standard InChI is InChI=1S/C8H16N2O5S/c1-3-10(4-2)16(14,15)6-7(11)9-5-8(12)13/h3-6H2,1-2H3,(H,9,11)(H,12,13). The molecule has 0 aliphatic carbocycles. The Bertz CT molecular complexity index is 347. The zero-order valence-electron chi connectivity index (χ0n) is 9.26. The van der Waals surface area contributed by atoms with Crippen molar-refractivity contribution >= 4 is 21.9 Å². The minimum atomic E-state index is -3.64. The summed E-state index contributed by atoms with van der Waals surface area (Å²) in [5.74, 6) is -2.75. The third-order valence-electron chi connectivity index (χ3n) is 1.85. The number of sulfonamides is 1. The number of carboxylic acids is 1. The summed E-state index contributed by atoms with van der Waals surface area (Å²) in [4.78, 5) is 21.3. The number of hydrogen-bond donors (Lipinski definition) is 2. The quantitative estimate of drug-likeness (QED) is 0.596. The SMILES string of the molecule is CCN(CC)S(=O)(=O)CC(=O)NCC(=O)O. The summed E-state index contributed by atoms with van der Waals surface area (Å²) >= 11 is 0. The van der Waals surface area contributed by atoms with E-state index in [1.807, 2.05) is 5.32 Å². The summed E-state index contributed by atoms with van der Waals surface area (Å²) in [5.41, 5.74) is 0. The van der Waals surface area contributed by atoms with Crippen LogP contribution in [0.3, 0.4) is 0 Å². The molecule has 0 aromatic heterocycles. The third kappa shape index (κ3) is 5.08. The lowest BCUT2D eigenvalue weighted by Gasteiger charge is -2.17. The second kappa shape index (κ2) is 6.44. The zero-order valence-corrected chi connectivity index (χ0v) is 10.1. The number of amides is 1.